The maximum Gasteiger partial charge on any atom is 0.0776 e. The molecule has 0 unspecified atom stereocenters. The Hall–Kier alpha value is -6.41. The van der Waals surface area contributed by atoms with Gasteiger partial charge in [0.05, 0.1) is 49.2 Å². The molecule has 0 saturated heterocycles. The number of benzene rings is 8. The second-order valence-corrected chi connectivity index (χ2v) is 28.5. The fourth-order valence-electron chi connectivity index (χ4n) is 9.48. The Balaban J connectivity index is 1.21. The summed E-state index contributed by atoms with van der Waals surface area (Å²) in [7, 11) is -3.17. The lowest BCUT2D eigenvalue weighted by atomic mass is 10.0. The summed E-state index contributed by atoms with van der Waals surface area (Å²) in [5.74, 6) is 0. The van der Waals surface area contributed by atoms with Crippen molar-refractivity contribution in [3.63, 3.8) is 0 Å². The molecule has 0 radical (unpaired) electrons. The summed E-state index contributed by atoms with van der Waals surface area (Å²) in [6.07, 6.45) is 0. The van der Waals surface area contributed by atoms with Crippen LogP contribution in [-0.2, 0) is 0 Å². The van der Waals surface area contributed by atoms with E-state index < -0.39 is 16.1 Å². The zero-order chi connectivity index (χ0) is 40.2. The van der Waals surface area contributed by atoms with Gasteiger partial charge in [0.25, 0.3) is 0 Å². The number of hydrogen-bond acceptors (Lipinski definition) is 0. The smallest absolute Gasteiger partial charge is 0.0776 e. The number of para-hydroxylation sites is 4. The van der Waals surface area contributed by atoms with Crippen LogP contribution in [0.1, 0.15) is 0 Å². The second kappa shape index (κ2) is 13.1. The molecule has 5 heteroatoms. The van der Waals surface area contributed by atoms with Crippen LogP contribution in [0.25, 0.3) is 93.6 Å². The Labute approximate surface area is 347 Å². The highest BCUT2D eigenvalue weighted by Gasteiger charge is 2.23. The Morgan fingerprint density at radius 1 is 0.271 bits per heavy atom. The summed E-state index contributed by atoms with van der Waals surface area (Å²) in [5.41, 5.74) is 13.2. The minimum atomic E-state index is -1.61. The van der Waals surface area contributed by atoms with Crippen molar-refractivity contribution in [2.75, 3.05) is 0 Å². The monoisotopic (exact) mass is 793 g/mol. The summed E-state index contributed by atoms with van der Waals surface area (Å²) in [6, 6.07) is 66.3. The molecule has 3 aromatic heterocycles. The first-order valence-electron chi connectivity index (χ1n) is 20.9. The Morgan fingerprint density at radius 3 is 1.05 bits per heavy atom. The van der Waals surface area contributed by atoms with E-state index in [-0.39, 0.29) is 0 Å². The van der Waals surface area contributed by atoms with Crippen LogP contribution in [0.15, 0.2) is 176 Å². The van der Waals surface area contributed by atoms with E-state index in [1.165, 1.54) is 92.6 Å². The van der Waals surface area contributed by atoms with Crippen molar-refractivity contribution in [3.8, 4) is 28.2 Å². The van der Waals surface area contributed by atoms with E-state index in [4.69, 9.17) is 0 Å². The van der Waals surface area contributed by atoms with Gasteiger partial charge in [-0.05, 0) is 77.9 Å². The van der Waals surface area contributed by atoms with Crippen molar-refractivity contribution in [1.82, 2.24) is 13.7 Å². The Bertz CT molecular complexity index is 3420. The molecule has 59 heavy (non-hydrogen) atoms. The fraction of sp³-hybridized carbons (Fsp3) is 0.111. The van der Waals surface area contributed by atoms with E-state index in [1.807, 2.05) is 0 Å². The third kappa shape index (κ3) is 5.67. The van der Waals surface area contributed by atoms with Crippen molar-refractivity contribution >= 4 is 91.9 Å². The number of rotatable bonds is 6. The lowest BCUT2D eigenvalue weighted by molar-refractivity contribution is 1.13. The van der Waals surface area contributed by atoms with Gasteiger partial charge >= 0.3 is 0 Å². The van der Waals surface area contributed by atoms with Gasteiger partial charge in [-0.2, -0.15) is 0 Å². The maximum atomic E-state index is 2.52. The molecule has 11 rings (SSSR count). The molecule has 0 amide bonds. The van der Waals surface area contributed by atoms with Gasteiger partial charge in [0.1, 0.15) is 0 Å². The van der Waals surface area contributed by atoms with Gasteiger partial charge in [-0.1, -0.05) is 159 Å². The molecule has 0 aliphatic carbocycles. The van der Waals surface area contributed by atoms with Crippen LogP contribution in [-0.4, -0.2) is 29.8 Å². The predicted molar refractivity (Wildman–Crippen MR) is 261 cm³/mol. The second-order valence-electron chi connectivity index (χ2n) is 18.3. The van der Waals surface area contributed by atoms with Gasteiger partial charge in [0, 0.05) is 49.4 Å². The van der Waals surface area contributed by atoms with Crippen molar-refractivity contribution in [3.05, 3.63) is 176 Å². The standard InChI is InChI=1S/C54H47N3Si2/c1-58(2,3)41-26-28-47-45-20-9-11-22-49(45)55(53(47)34-41)38-17-15-16-36(30-38)37-31-39(56-50-23-12-7-18-43(50)44-19-8-13-24-51(44)56)33-40(32-37)57-52-25-14-10-21-46(52)48-29-27-42(35-54(48)57)59(4,5)6/h7-35H,1-6H3. The minimum absolute atomic E-state index is 1.14. The largest absolute Gasteiger partial charge is 0.309 e. The number of hydrogen-bond donors (Lipinski definition) is 0. The average molecular weight is 794 g/mol. The highest BCUT2D eigenvalue weighted by atomic mass is 28.3. The maximum absolute atomic E-state index is 2.52. The minimum Gasteiger partial charge on any atom is -0.309 e. The van der Waals surface area contributed by atoms with Crippen LogP contribution in [0.5, 0.6) is 0 Å². The molecule has 0 aliphatic rings. The van der Waals surface area contributed by atoms with Crippen LogP contribution in [0.4, 0.5) is 0 Å². The summed E-state index contributed by atoms with van der Waals surface area (Å²) in [5, 5.41) is 10.6. The van der Waals surface area contributed by atoms with Crippen LogP contribution in [0.3, 0.4) is 0 Å². The molecule has 3 nitrogen and oxygen atoms in total. The van der Waals surface area contributed by atoms with E-state index >= 15 is 0 Å². The molecule has 3 heterocycles. The summed E-state index contributed by atoms with van der Waals surface area (Å²) < 4.78 is 7.47. The topological polar surface area (TPSA) is 14.8 Å². The third-order valence-electron chi connectivity index (χ3n) is 12.5. The normalized spacial score (nSPS) is 12.6. The van der Waals surface area contributed by atoms with Crippen LogP contribution in [0, 0.1) is 0 Å². The highest BCUT2D eigenvalue weighted by molar-refractivity contribution is 6.89. The molecule has 11 aromatic rings. The third-order valence-corrected chi connectivity index (χ3v) is 16.6. The molecule has 0 fully saturated rings. The zero-order valence-electron chi connectivity index (χ0n) is 34.6. The highest BCUT2D eigenvalue weighted by Crippen LogP contribution is 2.39. The summed E-state index contributed by atoms with van der Waals surface area (Å²) in [6.45, 7) is 14.6. The molecule has 0 N–H and O–H groups in total. The van der Waals surface area contributed by atoms with Crippen molar-refractivity contribution in [2.45, 2.75) is 39.3 Å². The molecule has 0 saturated carbocycles. The average Bonchev–Trinajstić information content (AvgIpc) is 3.88. The van der Waals surface area contributed by atoms with Crippen molar-refractivity contribution in [1.29, 1.82) is 0 Å². The number of nitrogens with zero attached hydrogens (tertiary/aromatic N) is 3. The molecule has 286 valence electrons. The van der Waals surface area contributed by atoms with E-state index in [2.05, 4.69) is 229 Å². The van der Waals surface area contributed by atoms with Gasteiger partial charge in [-0.3, -0.25) is 0 Å². The lowest BCUT2D eigenvalue weighted by Crippen LogP contribution is -2.37. The van der Waals surface area contributed by atoms with E-state index in [1.54, 1.807) is 0 Å². The molecule has 8 aromatic carbocycles. The van der Waals surface area contributed by atoms with E-state index in [0.717, 1.165) is 11.4 Å². The first kappa shape index (κ1) is 35.7. The molecule has 0 atom stereocenters. The SMILES string of the molecule is C[Si](C)(C)c1ccc2c3ccccc3n(-c3cccc(-c4cc(-n5c6ccccc6c6ccccc65)cc(-n5c6ccccc6c6ccc([Si](C)(C)C)cc65)c4)c3)c2c1. The van der Waals surface area contributed by atoms with Crippen molar-refractivity contribution < 1.29 is 0 Å². The van der Waals surface area contributed by atoms with Crippen LogP contribution in [0.2, 0.25) is 39.3 Å². The predicted octanol–water partition coefficient (Wildman–Crippen LogP) is 13.7. The first-order valence-corrected chi connectivity index (χ1v) is 27.9. The molecule has 0 spiro atoms. The van der Waals surface area contributed by atoms with Gasteiger partial charge in [0.15, 0.2) is 0 Å². The quantitative estimate of drug-likeness (QED) is 0.149. The Kier molecular flexibility index (Phi) is 7.90. The van der Waals surface area contributed by atoms with E-state index in [9.17, 15) is 0 Å². The molecule has 0 bridgehead atoms. The van der Waals surface area contributed by atoms with E-state index in [0.29, 0.717) is 0 Å². The molecular formula is C54H47N3Si2. The fourth-order valence-corrected chi connectivity index (χ4v) is 11.8. The van der Waals surface area contributed by atoms with Crippen molar-refractivity contribution in [2.24, 2.45) is 0 Å². The van der Waals surface area contributed by atoms with Gasteiger partial charge in [-0.25, -0.2) is 0 Å². The van der Waals surface area contributed by atoms with Gasteiger partial charge in [-0.15, -0.1) is 0 Å². The number of aromatic nitrogens is 3. The van der Waals surface area contributed by atoms with Gasteiger partial charge in [0.2, 0.25) is 0 Å². The number of fused-ring (bicyclic) bond motifs is 9. The lowest BCUT2D eigenvalue weighted by Gasteiger charge is -2.19. The zero-order valence-corrected chi connectivity index (χ0v) is 36.6. The Morgan fingerprint density at radius 2 is 0.627 bits per heavy atom. The van der Waals surface area contributed by atoms with Crippen LogP contribution >= 0.6 is 0 Å². The molecule has 0 aliphatic heterocycles. The van der Waals surface area contributed by atoms with Crippen LogP contribution < -0.4 is 10.4 Å². The first-order chi connectivity index (χ1) is 28.5. The summed E-state index contributed by atoms with van der Waals surface area (Å²) >= 11 is 0. The molecular weight excluding hydrogens is 747 g/mol. The van der Waals surface area contributed by atoms with Gasteiger partial charge < -0.3 is 13.7 Å². The summed E-state index contributed by atoms with van der Waals surface area (Å²) in [4.78, 5) is 0.